The van der Waals surface area contributed by atoms with Gasteiger partial charge in [-0.3, -0.25) is 0 Å². The number of rotatable bonds is 7. The van der Waals surface area contributed by atoms with Crippen LogP contribution in [0.1, 0.15) is 56.6 Å². The molecule has 2 saturated heterocycles. The fraction of sp³-hybridized carbons (Fsp3) is 0.552. The van der Waals surface area contributed by atoms with Crippen LogP contribution in [-0.4, -0.2) is 62.3 Å². The van der Waals surface area contributed by atoms with Gasteiger partial charge in [-0.1, -0.05) is 37.3 Å². The topological polar surface area (TPSA) is 42.0 Å². The van der Waals surface area contributed by atoms with Crippen molar-refractivity contribution in [2.24, 2.45) is 5.92 Å². The van der Waals surface area contributed by atoms with Crippen LogP contribution in [0.3, 0.4) is 0 Å². The molecule has 2 aliphatic heterocycles. The van der Waals surface area contributed by atoms with Gasteiger partial charge in [-0.2, -0.15) is 0 Å². The van der Waals surface area contributed by atoms with Crippen LogP contribution in [0.25, 0.3) is 11.1 Å². The number of aryl methyl sites for hydroxylation is 1. The summed E-state index contributed by atoms with van der Waals surface area (Å²) in [6.45, 7) is 9.55. The van der Waals surface area contributed by atoms with Gasteiger partial charge >= 0.3 is 6.09 Å². The number of nitrogens with zero attached hydrogens (tertiary/aromatic N) is 2. The lowest BCUT2D eigenvalue weighted by Crippen LogP contribution is -2.43. The van der Waals surface area contributed by atoms with Gasteiger partial charge in [-0.05, 0) is 98.3 Å². The minimum atomic E-state index is -0.153. The molecule has 34 heavy (non-hydrogen) atoms. The average molecular weight is 465 g/mol. The molecule has 2 fully saturated rings. The predicted octanol–water partition coefficient (Wildman–Crippen LogP) is 5.97. The highest BCUT2D eigenvalue weighted by molar-refractivity contribution is 5.67. The summed E-state index contributed by atoms with van der Waals surface area (Å²) >= 11 is 0. The van der Waals surface area contributed by atoms with Crippen LogP contribution in [0, 0.1) is 5.92 Å². The standard InChI is InChI=1S/C29H40N2O3/c1-4-22-6-8-24(9-7-22)26-10-11-28(33-3)27(20-26)25-14-16-30(17-15-25)21-23-12-18-31(19-13-23)29(32)34-5-2/h6-11,20,23,25H,4-5,12-19,21H2,1-3H3. The third kappa shape index (κ3) is 5.93. The van der Waals surface area contributed by atoms with E-state index in [0.29, 0.717) is 18.4 Å². The van der Waals surface area contributed by atoms with E-state index in [2.05, 4.69) is 54.3 Å². The van der Waals surface area contributed by atoms with Gasteiger partial charge < -0.3 is 19.3 Å². The lowest BCUT2D eigenvalue weighted by molar-refractivity contribution is 0.0830. The van der Waals surface area contributed by atoms with E-state index >= 15 is 0 Å². The third-order valence-corrected chi connectivity index (χ3v) is 7.61. The van der Waals surface area contributed by atoms with Crippen molar-refractivity contribution in [1.82, 2.24) is 9.80 Å². The van der Waals surface area contributed by atoms with Crippen LogP contribution in [0.2, 0.25) is 0 Å². The average Bonchev–Trinajstić information content (AvgIpc) is 2.89. The Morgan fingerprint density at radius 3 is 2.21 bits per heavy atom. The number of piperidine rings is 2. The quantitative estimate of drug-likeness (QED) is 0.506. The van der Waals surface area contributed by atoms with Crippen LogP contribution in [-0.2, 0) is 11.2 Å². The van der Waals surface area contributed by atoms with Gasteiger partial charge in [0.15, 0.2) is 0 Å². The van der Waals surface area contributed by atoms with Gasteiger partial charge in [0.1, 0.15) is 5.75 Å². The van der Waals surface area contributed by atoms with Crippen molar-refractivity contribution >= 4 is 6.09 Å². The fourth-order valence-electron chi connectivity index (χ4n) is 5.47. The van der Waals surface area contributed by atoms with E-state index in [-0.39, 0.29) is 6.09 Å². The smallest absolute Gasteiger partial charge is 0.409 e. The minimum Gasteiger partial charge on any atom is -0.496 e. The largest absolute Gasteiger partial charge is 0.496 e. The van der Waals surface area contributed by atoms with Crippen LogP contribution >= 0.6 is 0 Å². The summed E-state index contributed by atoms with van der Waals surface area (Å²) in [5.74, 6) is 2.22. The molecule has 2 aromatic rings. The van der Waals surface area contributed by atoms with Crippen LogP contribution in [0.15, 0.2) is 42.5 Å². The SMILES string of the molecule is CCOC(=O)N1CCC(CN2CCC(c3cc(-c4ccc(CC)cc4)ccc3OC)CC2)CC1. The lowest BCUT2D eigenvalue weighted by Gasteiger charge is -2.37. The highest BCUT2D eigenvalue weighted by Gasteiger charge is 2.28. The maximum atomic E-state index is 11.9. The molecule has 0 saturated carbocycles. The second-order valence-corrected chi connectivity index (χ2v) is 9.71. The molecule has 5 heteroatoms. The van der Waals surface area contributed by atoms with E-state index in [1.165, 1.54) is 22.3 Å². The number of likely N-dealkylation sites (tertiary alicyclic amines) is 2. The van der Waals surface area contributed by atoms with Crippen LogP contribution in [0.4, 0.5) is 4.79 Å². The van der Waals surface area contributed by atoms with E-state index in [4.69, 9.17) is 9.47 Å². The Labute approximate surface area is 205 Å². The Kier molecular flexibility index (Phi) is 8.49. The van der Waals surface area contributed by atoms with Gasteiger partial charge in [0, 0.05) is 19.6 Å². The Hall–Kier alpha value is -2.53. The first kappa shape index (κ1) is 24.6. The van der Waals surface area contributed by atoms with Gasteiger partial charge in [0.25, 0.3) is 0 Å². The van der Waals surface area contributed by atoms with Crippen LogP contribution in [0.5, 0.6) is 5.75 Å². The molecule has 0 unspecified atom stereocenters. The highest BCUT2D eigenvalue weighted by Crippen LogP contribution is 2.37. The molecule has 0 N–H and O–H groups in total. The zero-order valence-corrected chi connectivity index (χ0v) is 21.1. The Morgan fingerprint density at radius 2 is 1.59 bits per heavy atom. The first-order valence-corrected chi connectivity index (χ1v) is 13.0. The van der Waals surface area contributed by atoms with Crippen molar-refractivity contribution in [3.63, 3.8) is 0 Å². The molecule has 184 valence electrons. The second kappa shape index (κ2) is 11.7. The Bertz CT molecular complexity index is 927. The summed E-state index contributed by atoms with van der Waals surface area (Å²) in [7, 11) is 1.78. The molecular formula is C29H40N2O3. The van der Waals surface area contributed by atoms with E-state index in [1.54, 1.807) is 7.11 Å². The first-order valence-electron chi connectivity index (χ1n) is 13.0. The zero-order valence-electron chi connectivity index (χ0n) is 21.1. The van der Waals surface area contributed by atoms with E-state index in [9.17, 15) is 4.79 Å². The maximum Gasteiger partial charge on any atom is 0.409 e. The molecular weight excluding hydrogens is 424 g/mol. The maximum absolute atomic E-state index is 11.9. The van der Waals surface area contributed by atoms with Gasteiger partial charge in [-0.15, -0.1) is 0 Å². The van der Waals surface area contributed by atoms with Gasteiger partial charge in [-0.25, -0.2) is 4.79 Å². The Balaban J connectivity index is 1.33. The van der Waals surface area contributed by atoms with Gasteiger partial charge in [0.05, 0.1) is 13.7 Å². The molecule has 0 aromatic heterocycles. The number of ether oxygens (including phenoxy) is 2. The van der Waals surface area contributed by atoms with E-state index in [0.717, 1.165) is 70.6 Å². The van der Waals surface area contributed by atoms with Crippen molar-refractivity contribution in [2.45, 2.75) is 51.9 Å². The molecule has 0 atom stereocenters. The zero-order chi connectivity index (χ0) is 23.9. The number of carbonyl (C=O) groups excluding carboxylic acids is 1. The molecule has 4 rings (SSSR count). The van der Waals surface area contributed by atoms with E-state index < -0.39 is 0 Å². The predicted molar refractivity (Wildman–Crippen MR) is 138 cm³/mol. The molecule has 1 amide bonds. The number of hydrogen-bond donors (Lipinski definition) is 0. The molecule has 5 nitrogen and oxygen atoms in total. The summed E-state index contributed by atoms with van der Waals surface area (Å²) in [6.07, 6.45) is 5.39. The van der Waals surface area contributed by atoms with Crippen molar-refractivity contribution in [2.75, 3.05) is 46.4 Å². The molecule has 0 aliphatic carbocycles. The second-order valence-electron chi connectivity index (χ2n) is 9.71. The summed E-state index contributed by atoms with van der Waals surface area (Å²) < 4.78 is 10.9. The van der Waals surface area contributed by atoms with Crippen molar-refractivity contribution in [3.05, 3.63) is 53.6 Å². The molecule has 0 bridgehead atoms. The number of amides is 1. The Morgan fingerprint density at radius 1 is 0.912 bits per heavy atom. The van der Waals surface area contributed by atoms with Crippen molar-refractivity contribution in [1.29, 1.82) is 0 Å². The third-order valence-electron chi connectivity index (χ3n) is 7.61. The fourth-order valence-corrected chi connectivity index (χ4v) is 5.47. The summed E-state index contributed by atoms with van der Waals surface area (Å²) in [6, 6.07) is 15.6. The normalized spacial score (nSPS) is 18.1. The number of methoxy groups -OCH3 is 1. The lowest BCUT2D eigenvalue weighted by atomic mass is 9.86. The molecule has 2 aromatic carbocycles. The molecule has 0 radical (unpaired) electrons. The van der Waals surface area contributed by atoms with Crippen molar-refractivity contribution < 1.29 is 14.3 Å². The van der Waals surface area contributed by atoms with Crippen molar-refractivity contribution in [3.8, 4) is 16.9 Å². The minimum absolute atomic E-state index is 0.153. The molecule has 2 aliphatic rings. The first-order chi connectivity index (χ1) is 16.6. The number of carbonyl (C=O) groups is 1. The summed E-state index contributed by atoms with van der Waals surface area (Å²) in [5, 5.41) is 0. The van der Waals surface area contributed by atoms with Crippen LogP contribution < -0.4 is 4.74 Å². The summed E-state index contributed by atoms with van der Waals surface area (Å²) in [4.78, 5) is 16.4. The highest BCUT2D eigenvalue weighted by atomic mass is 16.6. The van der Waals surface area contributed by atoms with Gasteiger partial charge in [0.2, 0.25) is 0 Å². The number of hydrogen-bond acceptors (Lipinski definition) is 4. The molecule has 0 spiro atoms. The molecule has 2 heterocycles. The summed E-state index contributed by atoms with van der Waals surface area (Å²) in [5.41, 5.74) is 5.26. The monoisotopic (exact) mass is 464 g/mol. The van der Waals surface area contributed by atoms with E-state index in [1.807, 2.05) is 11.8 Å². The number of benzene rings is 2.